The van der Waals surface area contributed by atoms with Crippen molar-refractivity contribution in [3.05, 3.63) is 46.5 Å². The molecule has 1 fully saturated rings. The number of nitrogens with two attached hydrogens (primary N) is 1. The number of hydrogen-bond donors (Lipinski definition) is 1. The number of fused-ring (bicyclic) bond motifs is 1. The molecular formula is C14H18N4O. The Labute approximate surface area is 111 Å². The summed E-state index contributed by atoms with van der Waals surface area (Å²) in [6, 6.07) is 7.22. The molecule has 2 aromatic heterocycles. The van der Waals surface area contributed by atoms with Gasteiger partial charge >= 0.3 is 0 Å². The Morgan fingerprint density at radius 2 is 2.32 bits per heavy atom. The van der Waals surface area contributed by atoms with E-state index in [1.807, 2.05) is 18.2 Å². The van der Waals surface area contributed by atoms with Crippen LogP contribution in [0.3, 0.4) is 0 Å². The minimum atomic E-state index is -0.0184. The second-order valence-electron chi connectivity index (χ2n) is 5.14. The van der Waals surface area contributed by atoms with Gasteiger partial charge < -0.3 is 5.73 Å². The average Bonchev–Trinajstić information content (AvgIpc) is 2.86. The Morgan fingerprint density at radius 3 is 3.11 bits per heavy atom. The normalized spacial score (nSPS) is 20.2. The molecule has 1 saturated heterocycles. The first-order valence-corrected chi connectivity index (χ1v) is 6.66. The molecule has 2 aromatic rings. The standard InChI is InChI=1S/C14H18N4O/c15-8-11-4-6-17(9-11)10-12-7-14(19)18-5-2-1-3-13(18)16-12/h1-3,5,7,11H,4,6,8-10,15H2. The Balaban J connectivity index is 1.84. The van der Waals surface area contributed by atoms with Crippen LogP contribution in [0.1, 0.15) is 12.1 Å². The van der Waals surface area contributed by atoms with Crippen molar-refractivity contribution < 1.29 is 0 Å². The summed E-state index contributed by atoms with van der Waals surface area (Å²) < 4.78 is 1.57. The van der Waals surface area contributed by atoms with Gasteiger partial charge in [0.15, 0.2) is 0 Å². The van der Waals surface area contributed by atoms with Crippen LogP contribution in [-0.2, 0) is 6.54 Å². The third-order valence-corrected chi connectivity index (χ3v) is 3.71. The molecule has 0 aromatic carbocycles. The van der Waals surface area contributed by atoms with E-state index in [-0.39, 0.29) is 5.56 Å². The van der Waals surface area contributed by atoms with Crippen molar-refractivity contribution in [2.24, 2.45) is 11.7 Å². The largest absolute Gasteiger partial charge is 0.330 e. The van der Waals surface area contributed by atoms with Gasteiger partial charge in [-0.15, -0.1) is 0 Å². The third-order valence-electron chi connectivity index (χ3n) is 3.71. The zero-order chi connectivity index (χ0) is 13.2. The van der Waals surface area contributed by atoms with E-state index >= 15 is 0 Å². The fourth-order valence-corrected chi connectivity index (χ4v) is 2.66. The van der Waals surface area contributed by atoms with Crippen LogP contribution < -0.4 is 11.3 Å². The number of pyridine rings is 1. The van der Waals surface area contributed by atoms with Crippen LogP contribution in [0, 0.1) is 5.92 Å². The topological polar surface area (TPSA) is 63.6 Å². The molecule has 0 saturated carbocycles. The van der Waals surface area contributed by atoms with Crippen LogP contribution in [0.2, 0.25) is 0 Å². The van der Waals surface area contributed by atoms with E-state index in [2.05, 4.69) is 9.88 Å². The van der Waals surface area contributed by atoms with E-state index in [1.54, 1.807) is 16.7 Å². The van der Waals surface area contributed by atoms with Crippen LogP contribution in [0.4, 0.5) is 0 Å². The molecule has 5 nitrogen and oxygen atoms in total. The maximum atomic E-state index is 12.0. The molecule has 1 aliphatic rings. The SMILES string of the molecule is NCC1CCN(Cc2cc(=O)n3ccccc3n2)C1. The van der Waals surface area contributed by atoms with Gasteiger partial charge in [-0.1, -0.05) is 6.07 Å². The van der Waals surface area contributed by atoms with Crippen molar-refractivity contribution in [2.75, 3.05) is 19.6 Å². The van der Waals surface area contributed by atoms with Crippen molar-refractivity contribution in [2.45, 2.75) is 13.0 Å². The molecule has 0 bridgehead atoms. The van der Waals surface area contributed by atoms with Crippen LogP contribution in [-0.4, -0.2) is 33.9 Å². The summed E-state index contributed by atoms with van der Waals surface area (Å²) in [6.45, 7) is 3.52. The quantitative estimate of drug-likeness (QED) is 0.869. The molecule has 1 aliphatic heterocycles. The van der Waals surface area contributed by atoms with E-state index in [0.717, 1.165) is 38.3 Å². The predicted octanol–water partition coefficient (Wildman–Crippen LogP) is 0.475. The van der Waals surface area contributed by atoms with Crippen LogP contribution in [0.25, 0.3) is 5.65 Å². The lowest BCUT2D eigenvalue weighted by Gasteiger charge is -2.15. The van der Waals surface area contributed by atoms with Crippen LogP contribution in [0.5, 0.6) is 0 Å². The fourth-order valence-electron chi connectivity index (χ4n) is 2.66. The van der Waals surface area contributed by atoms with Gasteiger partial charge in [-0.25, -0.2) is 4.98 Å². The van der Waals surface area contributed by atoms with Crippen molar-refractivity contribution in [1.29, 1.82) is 0 Å². The van der Waals surface area contributed by atoms with Gasteiger partial charge in [0.1, 0.15) is 5.65 Å². The highest BCUT2D eigenvalue weighted by molar-refractivity contribution is 5.37. The predicted molar refractivity (Wildman–Crippen MR) is 73.9 cm³/mol. The summed E-state index contributed by atoms with van der Waals surface area (Å²) in [5.74, 6) is 0.585. The Kier molecular flexibility index (Phi) is 3.31. The zero-order valence-corrected chi connectivity index (χ0v) is 10.8. The first-order chi connectivity index (χ1) is 9.26. The second kappa shape index (κ2) is 5.11. The number of aromatic nitrogens is 2. The first-order valence-electron chi connectivity index (χ1n) is 6.66. The summed E-state index contributed by atoms with van der Waals surface area (Å²) in [5, 5.41) is 0. The van der Waals surface area contributed by atoms with Gasteiger partial charge in [0.05, 0.1) is 5.69 Å². The van der Waals surface area contributed by atoms with Crippen LogP contribution >= 0.6 is 0 Å². The van der Waals surface area contributed by atoms with E-state index in [1.165, 1.54) is 0 Å². The van der Waals surface area contributed by atoms with Gasteiger partial charge in [0, 0.05) is 25.4 Å². The Hall–Kier alpha value is -1.72. The highest BCUT2D eigenvalue weighted by Gasteiger charge is 2.21. The lowest BCUT2D eigenvalue weighted by Crippen LogP contribution is -2.25. The smallest absolute Gasteiger partial charge is 0.258 e. The zero-order valence-electron chi connectivity index (χ0n) is 10.8. The fraction of sp³-hybridized carbons (Fsp3) is 0.429. The molecular weight excluding hydrogens is 240 g/mol. The minimum absolute atomic E-state index is 0.0184. The van der Waals surface area contributed by atoms with Crippen molar-refractivity contribution in [3.8, 4) is 0 Å². The van der Waals surface area contributed by atoms with E-state index in [9.17, 15) is 4.79 Å². The maximum Gasteiger partial charge on any atom is 0.258 e. The summed E-state index contributed by atoms with van der Waals surface area (Å²) in [4.78, 5) is 18.8. The number of likely N-dealkylation sites (tertiary alicyclic amines) is 1. The highest BCUT2D eigenvalue weighted by atomic mass is 16.1. The summed E-state index contributed by atoms with van der Waals surface area (Å²) >= 11 is 0. The van der Waals surface area contributed by atoms with Gasteiger partial charge in [0.25, 0.3) is 5.56 Å². The summed E-state index contributed by atoms with van der Waals surface area (Å²) in [5.41, 5.74) is 7.22. The molecule has 3 heterocycles. The maximum absolute atomic E-state index is 12.0. The third kappa shape index (κ3) is 2.52. The Bertz CT molecular complexity index is 637. The lowest BCUT2D eigenvalue weighted by atomic mass is 10.1. The minimum Gasteiger partial charge on any atom is -0.330 e. The van der Waals surface area contributed by atoms with Gasteiger partial charge in [-0.05, 0) is 37.6 Å². The van der Waals surface area contributed by atoms with Gasteiger partial charge in [-0.2, -0.15) is 0 Å². The molecule has 1 unspecified atom stereocenters. The number of rotatable bonds is 3. The van der Waals surface area contributed by atoms with E-state index in [0.29, 0.717) is 11.6 Å². The number of nitrogens with zero attached hydrogens (tertiary/aromatic N) is 3. The van der Waals surface area contributed by atoms with Crippen LogP contribution in [0.15, 0.2) is 35.3 Å². The lowest BCUT2D eigenvalue weighted by molar-refractivity contribution is 0.314. The van der Waals surface area contributed by atoms with Gasteiger partial charge in [-0.3, -0.25) is 14.1 Å². The molecule has 0 aliphatic carbocycles. The second-order valence-corrected chi connectivity index (χ2v) is 5.14. The molecule has 19 heavy (non-hydrogen) atoms. The monoisotopic (exact) mass is 258 g/mol. The van der Waals surface area contributed by atoms with Crippen molar-refractivity contribution in [1.82, 2.24) is 14.3 Å². The van der Waals surface area contributed by atoms with Crippen molar-refractivity contribution >= 4 is 5.65 Å². The summed E-state index contributed by atoms with van der Waals surface area (Å²) in [6.07, 6.45) is 2.89. The molecule has 0 spiro atoms. The Morgan fingerprint density at radius 1 is 1.42 bits per heavy atom. The number of hydrogen-bond acceptors (Lipinski definition) is 4. The molecule has 2 N–H and O–H groups in total. The molecule has 3 rings (SSSR count). The average molecular weight is 258 g/mol. The first kappa shape index (κ1) is 12.3. The molecule has 1 atom stereocenters. The van der Waals surface area contributed by atoms with Gasteiger partial charge in [0.2, 0.25) is 0 Å². The highest BCUT2D eigenvalue weighted by Crippen LogP contribution is 2.16. The van der Waals surface area contributed by atoms with E-state index in [4.69, 9.17) is 5.73 Å². The molecule has 0 radical (unpaired) electrons. The molecule has 5 heteroatoms. The molecule has 0 amide bonds. The summed E-state index contributed by atoms with van der Waals surface area (Å²) in [7, 11) is 0. The molecule has 100 valence electrons. The van der Waals surface area contributed by atoms with Crippen molar-refractivity contribution in [3.63, 3.8) is 0 Å². The van der Waals surface area contributed by atoms with E-state index < -0.39 is 0 Å².